The third-order valence-electron chi connectivity index (χ3n) is 1.45. The van der Waals surface area contributed by atoms with Gasteiger partial charge in [0.25, 0.3) is 0 Å². The van der Waals surface area contributed by atoms with Crippen LogP contribution in [0.25, 0.3) is 0 Å². The van der Waals surface area contributed by atoms with Crippen molar-refractivity contribution in [1.82, 2.24) is 0 Å². The van der Waals surface area contributed by atoms with Gasteiger partial charge in [-0.1, -0.05) is 31.6 Å². The molecule has 0 rings (SSSR count). The molecule has 0 amide bonds. The first kappa shape index (κ1) is 11.1. The van der Waals surface area contributed by atoms with Gasteiger partial charge in [-0.05, 0) is 26.7 Å². The van der Waals surface area contributed by atoms with E-state index in [1.54, 1.807) is 0 Å². The first-order valence-corrected chi connectivity index (χ1v) is 4.35. The zero-order valence-electron chi connectivity index (χ0n) is 8.73. The fourth-order valence-electron chi connectivity index (χ4n) is 0.695. The average molecular weight is 162 g/mol. The summed E-state index contributed by atoms with van der Waals surface area (Å²) in [7, 11) is 0. The Morgan fingerprint density at radius 1 is 1.17 bits per heavy atom. The van der Waals surface area contributed by atoms with E-state index in [0.29, 0.717) is 5.92 Å². The van der Waals surface area contributed by atoms with Gasteiger partial charge in [0.1, 0.15) is 0 Å². The summed E-state index contributed by atoms with van der Waals surface area (Å²) in [5, 5.41) is 0. The molecule has 0 saturated carbocycles. The van der Waals surface area contributed by atoms with Gasteiger partial charge in [0.05, 0.1) is 5.92 Å². The standard InChI is InChI=1S/C12H18/c1-7-11(10(2)3)8-9-12(4,5)6/h1,10-11H,2-6H3. The molecule has 0 aromatic heterocycles. The third kappa shape index (κ3) is 4.86. The summed E-state index contributed by atoms with van der Waals surface area (Å²) in [6, 6.07) is 0. The molecule has 0 aromatic rings. The van der Waals surface area contributed by atoms with Gasteiger partial charge in [-0.15, -0.1) is 6.42 Å². The Hall–Kier alpha value is -0.880. The predicted octanol–water partition coefficient (Wildman–Crippen LogP) is 2.94. The second kappa shape index (κ2) is 4.22. The van der Waals surface area contributed by atoms with Crippen molar-refractivity contribution in [3.8, 4) is 24.2 Å². The Morgan fingerprint density at radius 2 is 1.67 bits per heavy atom. The molecule has 0 aromatic carbocycles. The number of terminal acetylenes is 1. The summed E-state index contributed by atoms with van der Waals surface area (Å²) in [6.45, 7) is 10.5. The van der Waals surface area contributed by atoms with Crippen LogP contribution < -0.4 is 0 Å². The zero-order chi connectivity index (χ0) is 9.78. The fraction of sp³-hybridized carbons (Fsp3) is 0.667. The Bertz CT molecular complexity index is 221. The first-order chi connectivity index (χ1) is 5.37. The number of rotatable bonds is 1. The number of hydrogen-bond donors (Lipinski definition) is 0. The van der Waals surface area contributed by atoms with Crippen LogP contribution in [0.15, 0.2) is 0 Å². The average Bonchev–Trinajstić information content (AvgIpc) is 1.85. The van der Waals surface area contributed by atoms with E-state index in [9.17, 15) is 0 Å². The van der Waals surface area contributed by atoms with Crippen LogP contribution in [0.2, 0.25) is 0 Å². The summed E-state index contributed by atoms with van der Waals surface area (Å²) >= 11 is 0. The molecule has 1 atom stereocenters. The van der Waals surface area contributed by atoms with Crippen LogP contribution in [0.3, 0.4) is 0 Å². The highest BCUT2D eigenvalue weighted by Gasteiger charge is 2.08. The molecule has 0 N–H and O–H groups in total. The Kier molecular flexibility index (Phi) is 3.91. The third-order valence-corrected chi connectivity index (χ3v) is 1.45. The smallest absolute Gasteiger partial charge is 0.0831 e. The van der Waals surface area contributed by atoms with E-state index in [1.807, 2.05) is 0 Å². The van der Waals surface area contributed by atoms with E-state index in [2.05, 4.69) is 52.4 Å². The van der Waals surface area contributed by atoms with E-state index in [-0.39, 0.29) is 11.3 Å². The summed E-state index contributed by atoms with van der Waals surface area (Å²) in [6.07, 6.45) is 5.35. The molecule has 0 radical (unpaired) electrons. The lowest BCUT2D eigenvalue weighted by atomic mass is 9.93. The Balaban J connectivity index is 4.39. The molecule has 0 fully saturated rings. The second-order valence-corrected chi connectivity index (χ2v) is 4.41. The van der Waals surface area contributed by atoms with Crippen molar-refractivity contribution in [3.63, 3.8) is 0 Å². The Labute approximate surface area is 76.8 Å². The van der Waals surface area contributed by atoms with Gasteiger partial charge in [-0.3, -0.25) is 0 Å². The van der Waals surface area contributed by atoms with Gasteiger partial charge in [0.2, 0.25) is 0 Å². The van der Waals surface area contributed by atoms with E-state index in [1.165, 1.54) is 0 Å². The molecule has 0 heterocycles. The maximum atomic E-state index is 5.35. The molecule has 0 aliphatic carbocycles. The van der Waals surface area contributed by atoms with E-state index >= 15 is 0 Å². The van der Waals surface area contributed by atoms with Crippen molar-refractivity contribution in [1.29, 1.82) is 0 Å². The van der Waals surface area contributed by atoms with Crippen LogP contribution in [-0.2, 0) is 0 Å². The Morgan fingerprint density at radius 3 is 1.92 bits per heavy atom. The summed E-state index contributed by atoms with van der Waals surface area (Å²) in [5.74, 6) is 9.53. The van der Waals surface area contributed by atoms with Crippen molar-refractivity contribution in [2.45, 2.75) is 34.6 Å². The maximum Gasteiger partial charge on any atom is 0.0831 e. The van der Waals surface area contributed by atoms with Crippen LogP contribution in [0.5, 0.6) is 0 Å². The molecule has 0 spiro atoms. The van der Waals surface area contributed by atoms with Crippen LogP contribution in [0, 0.1) is 41.4 Å². The highest BCUT2D eigenvalue weighted by molar-refractivity contribution is 5.18. The monoisotopic (exact) mass is 162 g/mol. The summed E-state index contributed by atoms with van der Waals surface area (Å²) in [4.78, 5) is 0. The highest BCUT2D eigenvalue weighted by atomic mass is 14.1. The summed E-state index contributed by atoms with van der Waals surface area (Å²) < 4.78 is 0. The molecule has 0 aliphatic heterocycles. The van der Waals surface area contributed by atoms with Crippen molar-refractivity contribution < 1.29 is 0 Å². The van der Waals surface area contributed by atoms with Crippen molar-refractivity contribution >= 4 is 0 Å². The fourth-order valence-corrected chi connectivity index (χ4v) is 0.695. The molecule has 12 heavy (non-hydrogen) atoms. The molecule has 0 heteroatoms. The topological polar surface area (TPSA) is 0 Å². The second-order valence-electron chi connectivity index (χ2n) is 4.41. The van der Waals surface area contributed by atoms with E-state index in [4.69, 9.17) is 6.42 Å². The number of hydrogen-bond acceptors (Lipinski definition) is 0. The minimum Gasteiger partial charge on any atom is -0.119 e. The van der Waals surface area contributed by atoms with Gasteiger partial charge in [0, 0.05) is 5.41 Å². The molecule has 0 aliphatic rings. The van der Waals surface area contributed by atoms with Crippen LogP contribution >= 0.6 is 0 Å². The lowest BCUT2D eigenvalue weighted by Crippen LogP contribution is -2.06. The normalized spacial score (nSPS) is 13.1. The lowest BCUT2D eigenvalue weighted by Gasteiger charge is -2.10. The van der Waals surface area contributed by atoms with Crippen LogP contribution in [0.1, 0.15) is 34.6 Å². The minimum absolute atomic E-state index is 0.0595. The molecule has 66 valence electrons. The zero-order valence-corrected chi connectivity index (χ0v) is 8.73. The van der Waals surface area contributed by atoms with Crippen LogP contribution in [-0.4, -0.2) is 0 Å². The molecule has 0 bridgehead atoms. The first-order valence-electron chi connectivity index (χ1n) is 4.35. The van der Waals surface area contributed by atoms with Gasteiger partial charge < -0.3 is 0 Å². The van der Waals surface area contributed by atoms with Crippen LogP contribution in [0.4, 0.5) is 0 Å². The van der Waals surface area contributed by atoms with Crippen molar-refractivity contribution in [2.75, 3.05) is 0 Å². The SMILES string of the molecule is C#CC(C#CC(C)(C)C)C(C)C. The molecule has 1 unspecified atom stereocenters. The maximum absolute atomic E-state index is 5.35. The van der Waals surface area contributed by atoms with Crippen molar-refractivity contribution in [3.05, 3.63) is 0 Å². The predicted molar refractivity (Wildman–Crippen MR) is 54.4 cm³/mol. The molecule has 0 nitrogen and oxygen atoms in total. The summed E-state index contributed by atoms with van der Waals surface area (Å²) in [5.41, 5.74) is 0.0595. The molecule has 0 saturated heterocycles. The van der Waals surface area contributed by atoms with Gasteiger partial charge in [0.15, 0.2) is 0 Å². The largest absolute Gasteiger partial charge is 0.119 e. The van der Waals surface area contributed by atoms with Gasteiger partial charge >= 0.3 is 0 Å². The van der Waals surface area contributed by atoms with E-state index in [0.717, 1.165) is 0 Å². The van der Waals surface area contributed by atoms with E-state index < -0.39 is 0 Å². The quantitative estimate of drug-likeness (QED) is 0.520. The van der Waals surface area contributed by atoms with Gasteiger partial charge in [-0.25, -0.2) is 0 Å². The van der Waals surface area contributed by atoms with Crippen molar-refractivity contribution in [2.24, 2.45) is 17.3 Å². The minimum atomic E-state index is 0.0595. The lowest BCUT2D eigenvalue weighted by molar-refractivity contribution is 0.555. The van der Waals surface area contributed by atoms with Gasteiger partial charge in [-0.2, -0.15) is 0 Å². The molecular formula is C12H18. The highest BCUT2D eigenvalue weighted by Crippen LogP contribution is 2.13. The molecular weight excluding hydrogens is 144 g/mol.